The smallest absolute Gasteiger partial charge is 0.355 e. The molecule has 0 spiro atoms. The van der Waals surface area contributed by atoms with E-state index in [1.807, 2.05) is 19.1 Å². The highest BCUT2D eigenvalue weighted by molar-refractivity contribution is 9.10. The van der Waals surface area contributed by atoms with Crippen molar-refractivity contribution in [3.05, 3.63) is 35.4 Å². The molecule has 0 saturated carbocycles. The Bertz CT molecular complexity index is 499. The fourth-order valence-electron chi connectivity index (χ4n) is 1.73. The van der Waals surface area contributed by atoms with Gasteiger partial charge in [-0.2, -0.15) is 0 Å². The highest BCUT2D eigenvalue weighted by Gasteiger charge is 2.36. The van der Waals surface area contributed by atoms with E-state index in [4.69, 9.17) is 4.74 Å². The van der Waals surface area contributed by atoms with Gasteiger partial charge < -0.3 is 9.47 Å². The van der Waals surface area contributed by atoms with Gasteiger partial charge in [0.1, 0.15) is 0 Å². The molecule has 1 rings (SSSR count). The number of aryl methyl sites for hydroxylation is 1. The summed E-state index contributed by atoms with van der Waals surface area (Å²) in [4.78, 5) is 23.0. The van der Waals surface area contributed by atoms with Gasteiger partial charge in [-0.05, 0) is 54.8 Å². The number of carbonyl (C=O) groups excluding carboxylic acids is 2. The molecule has 1 atom stereocenters. The van der Waals surface area contributed by atoms with Crippen molar-refractivity contribution < 1.29 is 23.5 Å². The summed E-state index contributed by atoms with van der Waals surface area (Å²) in [5.41, 5.74) is 1.55. The van der Waals surface area contributed by atoms with Crippen molar-refractivity contribution in [3.63, 3.8) is 0 Å². The number of unbranched alkanes of at least 4 members (excludes halogenated alkanes) is 1. The Hall–Kier alpha value is -1.43. The number of halogens is 2. The SMILES string of the molecule is CCOC(=O)C(F)(Br)CCCCOC(=O)c1ccc(C)cc1. The third-order valence-corrected chi connectivity index (χ3v) is 3.70. The minimum Gasteiger partial charge on any atom is -0.463 e. The lowest BCUT2D eigenvalue weighted by atomic mass is 10.1. The van der Waals surface area contributed by atoms with E-state index < -0.39 is 16.5 Å². The van der Waals surface area contributed by atoms with Crippen LogP contribution < -0.4 is 0 Å². The van der Waals surface area contributed by atoms with Crippen LogP contribution in [0.25, 0.3) is 0 Å². The van der Waals surface area contributed by atoms with Crippen LogP contribution in [0.2, 0.25) is 0 Å². The number of hydrogen-bond donors (Lipinski definition) is 0. The topological polar surface area (TPSA) is 52.6 Å². The van der Waals surface area contributed by atoms with Gasteiger partial charge >= 0.3 is 11.9 Å². The monoisotopic (exact) mass is 374 g/mol. The second kappa shape index (κ2) is 8.88. The quantitative estimate of drug-likeness (QED) is 0.392. The molecule has 0 heterocycles. The molecular formula is C16H20BrFO4. The van der Waals surface area contributed by atoms with Gasteiger partial charge in [-0.25, -0.2) is 14.0 Å². The third-order valence-electron chi connectivity index (χ3n) is 2.98. The molecule has 0 radical (unpaired) electrons. The molecular weight excluding hydrogens is 355 g/mol. The summed E-state index contributed by atoms with van der Waals surface area (Å²) < 4.78 is 21.4. The maximum absolute atomic E-state index is 13.9. The lowest BCUT2D eigenvalue weighted by molar-refractivity contribution is -0.151. The molecule has 0 saturated heterocycles. The Kier molecular flexibility index (Phi) is 7.51. The van der Waals surface area contributed by atoms with E-state index in [-0.39, 0.29) is 19.6 Å². The summed E-state index contributed by atoms with van der Waals surface area (Å²) >= 11 is 2.72. The number of carbonyl (C=O) groups is 2. The molecule has 0 aliphatic heterocycles. The summed E-state index contributed by atoms with van der Waals surface area (Å²) in [6.07, 6.45) is 0.823. The number of hydrogen-bond acceptors (Lipinski definition) is 4. The van der Waals surface area contributed by atoms with Crippen molar-refractivity contribution in [1.82, 2.24) is 0 Å². The molecule has 0 bridgehead atoms. The number of benzene rings is 1. The van der Waals surface area contributed by atoms with Crippen molar-refractivity contribution in [3.8, 4) is 0 Å². The summed E-state index contributed by atoms with van der Waals surface area (Å²) in [5, 5.41) is 0. The average molecular weight is 375 g/mol. The largest absolute Gasteiger partial charge is 0.463 e. The molecule has 4 nitrogen and oxygen atoms in total. The highest BCUT2D eigenvalue weighted by atomic mass is 79.9. The van der Waals surface area contributed by atoms with E-state index in [1.54, 1.807) is 19.1 Å². The maximum atomic E-state index is 13.9. The zero-order valence-electron chi connectivity index (χ0n) is 12.7. The highest BCUT2D eigenvalue weighted by Crippen LogP contribution is 2.28. The molecule has 6 heteroatoms. The molecule has 122 valence electrons. The molecule has 0 amide bonds. The molecule has 1 unspecified atom stereocenters. The summed E-state index contributed by atoms with van der Waals surface area (Å²) in [6.45, 7) is 3.86. The van der Waals surface area contributed by atoms with E-state index in [0.717, 1.165) is 5.56 Å². The normalized spacial score (nSPS) is 13.3. The maximum Gasteiger partial charge on any atom is 0.355 e. The van der Waals surface area contributed by atoms with Crippen molar-refractivity contribution in [1.29, 1.82) is 0 Å². The number of esters is 2. The minimum atomic E-state index is -2.18. The van der Waals surface area contributed by atoms with E-state index in [0.29, 0.717) is 18.4 Å². The molecule has 1 aromatic carbocycles. The fourth-order valence-corrected chi connectivity index (χ4v) is 2.12. The zero-order valence-corrected chi connectivity index (χ0v) is 14.3. The average Bonchev–Trinajstić information content (AvgIpc) is 2.47. The Labute approximate surface area is 138 Å². The van der Waals surface area contributed by atoms with Crippen LogP contribution in [0.4, 0.5) is 4.39 Å². The Morgan fingerprint density at radius 2 is 1.82 bits per heavy atom. The van der Waals surface area contributed by atoms with Gasteiger partial charge in [-0.3, -0.25) is 0 Å². The lowest BCUT2D eigenvalue weighted by Gasteiger charge is -2.16. The van der Waals surface area contributed by atoms with Crippen molar-refractivity contribution in [2.75, 3.05) is 13.2 Å². The molecule has 22 heavy (non-hydrogen) atoms. The summed E-state index contributed by atoms with van der Waals surface area (Å²) in [7, 11) is 0. The molecule has 0 aromatic heterocycles. The predicted octanol–water partition coefficient (Wildman–Crippen LogP) is 3.95. The minimum absolute atomic E-state index is 0.0338. The van der Waals surface area contributed by atoms with Gasteiger partial charge in [-0.1, -0.05) is 17.7 Å². The van der Waals surface area contributed by atoms with Gasteiger partial charge in [0.25, 0.3) is 4.58 Å². The van der Waals surface area contributed by atoms with Gasteiger partial charge in [0, 0.05) is 6.42 Å². The molecule has 0 aliphatic carbocycles. The Morgan fingerprint density at radius 1 is 1.18 bits per heavy atom. The van der Waals surface area contributed by atoms with Crippen LogP contribution in [0.5, 0.6) is 0 Å². The van der Waals surface area contributed by atoms with Crippen molar-refractivity contribution in [2.24, 2.45) is 0 Å². The van der Waals surface area contributed by atoms with Gasteiger partial charge in [0.15, 0.2) is 0 Å². The predicted molar refractivity (Wildman–Crippen MR) is 84.7 cm³/mol. The second-order valence-electron chi connectivity index (χ2n) is 4.88. The zero-order chi connectivity index (χ0) is 16.6. The third kappa shape index (κ3) is 6.13. The molecule has 1 aromatic rings. The van der Waals surface area contributed by atoms with Crippen LogP contribution >= 0.6 is 15.9 Å². The van der Waals surface area contributed by atoms with Crippen LogP contribution in [0.3, 0.4) is 0 Å². The second-order valence-corrected chi connectivity index (χ2v) is 6.14. The van der Waals surface area contributed by atoms with Crippen LogP contribution in [0.15, 0.2) is 24.3 Å². The molecule has 0 N–H and O–H groups in total. The van der Waals surface area contributed by atoms with E-state index in [2.05, 4.69) is 20.7 Å². The Balaban J connectivity index is 2.26. The van der Waals surface area contributed by atoms with Gasteiger partial charge in [-0.15, -0.1) is 0 Å². The first kappa shape index (κ1) is 18.6. The number of ether oxygens (including phenoxy) is 2. The molecule has 0 aliphatic rings. The lowest BCUT2D eigenvalue weighted by Crippen LogP contribution is -2.29. The van der Waals surface area contributed by atoms with E-state index in [1.165, 1.54) is 0 Å². The first-order valence-electron chi connectivity index (χ1n) is 7.15. The first-order chi connectivity index (χ1) is 10.4. The number of rotatable bonds is 8. The van der Waals surface area contributed by atoms with Crippen LogP contribution in [0, 0.1) is 6.92 Å². The van der Waals surface area contributed by atoms with Crippen LogP contribution in [-0.2, 0) is 14.3 Å². The fraction of sp³-hybridized carbons (Fsp3) is 0.500. The van der Waals surface area contributed by atoms with Crippen molar-refractivity contribution >= 4 is 27.9 Å². The summed E-state index contributed by atoms with van der Waals surface area (Å²) in [6, 6.07) is 7.06. The van der Waals surface area contributed by atoms with Gasteiger partial charge in [0.2, 0.25) is 0 Å². The van der Waals surface area contributed by atoms with E-state index >= 15 is 0 Å². The van der Waals surface area contributed by atoms with Crippen molar-refractivity contribution in [2.45, 2.75) is 37.7 Å². The first-order valence-corrected chi connectivity index (χ1v) is 7.95. The molecule has 0 fully saturated rings. The van der Waals surface area contributed by atoms with Gasteiger partial charge in [0.05, 0.1) is 18.8 Å². The standard InChI is InChI=1S/C16H20BrFO4/c1-3-21-15(20)16(17,18)10-4-5-11-22-14(19)13-8-6-12(2)7-9-13/h6-9H,3-5,10-11H2,1-2H3. The number of alkyl halides is 2. The van der Waals surface area contributed by atoms with Crippen LogP contribution in [0.1, 0.15) is 42.1 Å². The van der Waals surface area contributed by atoms with Crippen LogP contribution in [-0.4, -0.2) is 29.7 Å². The Morgan fingerprint density at radius 3 is 2.41 bits per heavy atom. The van der Waals surface area contributed by atoms with E-state index in [9.17, 15) is 14.0 Å². The summed E-state index contributed by atoms with van der Waals surface area (Å²) in [5.74, 6) is -1.33.